The van der Waals surface area contributed by atoms with Gasteiger partial charge in [-0.3, -0.25) is 24.0 Å². The van der Waals surface area contributed by atoms with Crippen molar-refractivity contribution >= 4 is 46.5 Å². The van der Waals surface area contributed by atoms with Crippen LogP contribution in [0.4, 0.5) is 4.79 Å². The topological polar surface area (TPSA) is 186 Å². The average molecular weight is 786 g/mol. The summed E-state index contributed by atoms with van der Waals surface area (Å²) in [5.41, 5.74) is 7.18. The zero-order valence-electron chi connectivity index (χ0n) is 34.0. The van der Waals surface area contributed by atoms with Crippen LogP contribution in [-0.4, -0.2) is 84.5 Å². The van der Waals surface area contributed by atoms with Crippen LogP contribution >= 0.6 is 0 Å². The molecular formula is C44H59N5O8. The molecule has 5 amide bonds. The van der Waals surface area contributed by atoms with Crippen molar-refractivity contribution in [1.82, 2.24) is 20.9 Å². The number of nitrogens with two attached hydrogens (primary N) is 1. The Morgan fingerprint density at radius 1 is 0.737 bits per heavy atom. The molecule has 57 heavy (non-hydrogen) atoms. The Kier molecular flexibility index (Phi) is 16.4. The third-order valence-electron chi connectivity index (χ3n) is 10.0. The smallest absolute Gasteiger partial charge is 0.407 e. The number of likely N-dealkylation sites (tertiary alicyclic amines) is 1. The van der Waals surface area contributed by atoms with E-state index in [1.165, 1.54) is 0 Å². The van der Waals surface area contributed by atoms with E-state index in [0.717, 1.165) is 21.9 Å². The largest absolute Gasteiger partial charge is 0.452 e. The molecule has 0 aromatic heterocycles. The van der Waals surface area contributed by atoms with Gasteiger partial charge in [0.25, 0.3) is 5.91 Å². The van der Waals surface area contributed by atoms with E-state index < -0.39 is 59.9 Å². The van der Waals surface area contributed by atoms with Gasteiger partial charge >= 0.3 is 12.1 Å². The van der Waals surface area contributed by atoms with Crippen LogP contribution in [0.2, 0.25) is 0 Å². The second kappa shape index (κ2) is 21.2. The van der Waals surface area contributed by atoms with Crippen molar-refractivity contribution in [3.63, 3.8) is 0 Å². The summed E-state index contributed by atoms with van der Waals surface area (Å²) < 4.78 is 11.1. The Morgan fingerprint density at radius 2 is 1.39 bits per heavy atom. The lowest BCUT2D eigenvalue weighted by atomic mass is 9.94. The molecule has 0 radical (unpaired) electrons. The molecule has 0 aliphatic carbocycles. The zero-order valence-corrected chi connectivity index (χ0v) is 34.0. The number of esters is 1. The van der Waals surface area contributed by atoms with Crippen LogP contribution < -0.4 is 21.7 Å². The number of nitrogens with zero attached hydrogens (tertiary/aromatic N) is 1. The zero-order chi connectivity index (χ0) is 41.6. The van der Waals surface area contributed by atoms with Crippen molar-refractivity contribution in [2.24, 2.45) is 29.4 Å². The Labute approximate surface area is 335 Å². The maximum Gasteiger partial charge on any atom is 0.407 e. The van der Waals surface area contributed by atoms with Crippen molar-refractivity contribution in [3.05, 3.63) is 83.9 Å². The first-order valence-corrected chi connectivity index (χ1v) is 20.0. The normalized spacial score (nSPS) is 15.4. The molecule has 0 spiro atoms. The number of primary amides is 1. The van der Waals surface area contributed by atoms with Crippen molar-refractivity contribution in [1.29, 1.82) is 0 Å². The number of hydrogen-bond acceptors (Lipinski definition) is 8. The molecule has 3 aromatic carbocycles. The number of carbonyl (C=O) groups is 6. The highest BCUT2D eigenvalue weighted by Gasteiger charge is 2.36. The molecular weight excluding hydrogens is 727 g/mol. The molecule has 1 aliphatic heterocycles. The Hall–Kier alpha value is -5.46. The lowest BCUT2D eigenvalue weighted by Crippen LogP contribution is -2.56. The van der Waals surface area contributed by atoms with Gasteiger partial charge in [0.15, 0.2) is 6.10 Å². The molecule has 1 aliphatic rings. The van der Waals surface area contributed by atoms with Crippen molar-refractivity contribution < 1.29 is 38.2 Å². The van der Waals surface area contributed by atoms with Crippen molar-refractivity contribution in [2.75, 3.05) is 19.7 Å². The first-order chi connectivity index (χ1) is 27.1. The fraction of sp³-hybridized carbons (Fsp3) is 0.500. The van der Waals surface area contributed by atoms with Crippen LogP contribution in [0.5, 0.6) is 0 Å². The Morgan fingerprint density at radius 3 is 2.02 bits per heavy atom. The first-order valence-electron chi connectivity index (χ1n) is 20.0. The minimum absolute atomic E-state index is 0.0150. The lowest BCUT2D eigenvalue weighted by molar-refractivity contribution is -0.163. The number of benzene rings is 3. The van der Waals surface area contributed by atoms with Gasteiger partial charge in [-0.15, -0.1) is 0 Å². The summed E-state index contributed by atoms with van der Waals surface area (Å²) in [6.45, 7) is 11.8. The van der Waals surface area contributed by atoms with Gasteiger partial charge in [0.05, 0.1) is 12.5 Å². The van der Waals surface area contributed by atoms with E-state index in [1.807, 2.05) is 100 Å². The third-order valence-corrected chi connectivity index (χ3v) is 10.0. The molecule has 1 heterocycles. The molecule has 13 nitrogen and oxygen atoms in total. The summed E-state index contributed by atoms with van der Waals surface area (Å²) in [7, 11) is 0. The van der Waals surface area contributed by atoms with E-state index in [0.29, 0.717) is 0 Å². The molecule has 3 aromatic rings. The number of alkyl carbamates (subject to hydrolysis) is 1. The summed E-state index contributed by atoms with van der Waals surface area (Å²) in [6.07, 6.45) is -0.675. The third kappa shape index (κ3) is 13.3. The molecule has 0 bridgehead atoms. The van der Waals surface area contributed by atoms with E-state index in [4.69, 9.17) is 15.2 Å². The van der Waals surface area contributed by atoms with E-state index in [2.05, 4.69) is 16.0 Å². The van der Waals surface area contributed by atoms with Gasteiger partial charge in [-0.1, -0.05) is 114 Å². The second-order valence-corrected chi connectivity index (χ2v) is 16.1. The van der Waals surface area contributed by atoms with Crippen molar-refractivity contribution in [3.8, 4) is 0 Å². The van der Waals surface area contributed by atoms with Crippen LogP contribution in [0.3, 0.4) is 0 Å². The van der Waals surface area contributed by atoms with Gasteiger partial charge in [-0.25, -0.2) is 4.79 Å². The predicted molar refractivity (Wildman–Crippen MR) is 217 cm³/mol. The number of amides is 5. The number of carbonyl (C=O) groups excluding carboxylic acids is 6. The van der Waals surface area contributed by atoms with E-state index >= 15 is 0 Å². The fourth-order valence-electron chi connectivity index (χ4n) is 6.89. The molecule has 308 valence electrons. The van der Waals surface area contributed by atoms with Gasteiger partial charge in [0.2, 0.25) is 17.7 Å². The maximum atomic E-state index is 14.4. The monoisotopic (exact) mass is 785 g/mol. The average Bonchev–Trinajstić information content (AvgIpc) is 3.18. The number of nitrogens with one attached hydrogen (secondary N) is 3. The lowest BCUT2D eigenvalue weighted by Gasteiger charge is -2.34. The molecule has 0 saturated carbocycles. The number of rotatable bonds is 18. The number of piperidine rings is 1. The minimum atomic E-state index is -1.11. The summed E-state index contributed by atoms with van der Waals surface area (Å²) in [5, 5.41) is 10.3. The number of ether oxygens (including phenoxy) is 2. The highest BCUT2D eigenvalue weighted by atomic mass is 16.6. The van der Waals surface area contributed by atoms with Crippen LogP contribution in [-0.2, 0) is 46.3 Å². The number of fused-ring (bicyclic) bond motifs is 1. The second-order valence-electron chi connectivity index (χ2n) is 16.1. The maximum absolute atomic E-state index is 14.4. The van der Waals surface area contributed by atoms with E-state index in [9.17, 15) is 28.8 Å². The highest BCUT2D eigenvalue weighted by molar-refractivity contribution is 5.93. The molecule has 1 fully saturated rings. The van der Waals surface area contributed by atoms with Crippen LogP contribution in [0.15, 0.2) is 72.8 Å². The van der Waals surface area contributed by atoms with E-state index in [-0.39, 0.29) is 75.5 Å². The minimum Gasteiger partial charge on any atom is -0.452 e. The summed E-state index contributed by atoms with van der Waals surface area (Å²) in [5.74, 6) is -3.39. The van der Waals surface area contributed by atoms with Gasteiger partial charge in [0, 0.05) is 25.9 Å². The fourth-order valence-corrected chi connectivity index (χ4v) is 6.89. The van der Waals surface area contributed by atoms with Crippen molar-refractivity contribution in [2.45, 2.75) is 97.9 Å². The Balaban J connectivity index is 1.52. The Bertz CT molecular complexity index is 1840. The predicted octanol–water partition coefficient (Wildman–Crippen LogP) is 4.68. The van der Waals surface area contributed by atoms with Gasteiger partial charge < -0.3 is 36.1 Å². The highest BCUT2D eigenvalue weighted by Crippen LogP contribution is 2.24. The molecule has 0 unspecified atom stereocenters. The molecule has 13 heteroatoms. The van der Waals surface area contributed by atoms with E-state index in [1.54, 1.807) is 18.7 Å². The quantitative estimate of drug-likeness (QED) is 0.134. The molecule has 4 atom stereocenters. The molecule has 4 rings (SSSR count). The summed E-state index contributed by atoms with van der Waals surface area (Å²) >= 11 is 0. The summed E-state index contributed by atoms with van der Waals surface area (Å²) in [6, 6.07) is 19.9. The van der Waals surface area contributed by atoms with Crippen LogP contribution in [0, 0.1) is 23.7 Å². The van der Waals surface area contributed by atoms with Crippen LogP contribution in [0.25, 0.3) is 10.8 Å². The first kappa shape index (κ1) is 44.3. The molecule has 1 saturated heterocycles. The summed E-state index contributed by atoms with van der Waals surface area (Å²) in [4.78, 5) is 81.6. The SMILES string of the molecule is CC(C)COC(=O)N[C@H](Cc1ccccc1)C(=O)N[C@H](Cc1cccc2ccccc12)C(=O)N1CCC(C(=O)O[C@@H](CC(C)C)C(=O)N[C@H](C(N)=O)C(C)C)CC1. The van der Waals surface area contributed by atoms with Gasteiger partial charge in [-0.05, 0) is 58.9 Å². The molecule has 5 N–H and O–H groups in total. The van der Waals surface area contributed by atoms with Crippen LogP contribution in [0.1, 0.15) is 71.9 Å². The van der Waals surface area contributed by atoms with Gasteiger partial charge in [0.1, 0.15) is 18.1 Å². The number of hydrogen-bond donors (Lipinski definition) is 4. The standard InChI is InChI=1S/C44H59N5O8/c1-27(2)23-37(41(52)48-38(29(5)6)39(45)50)57-43(54)32-19-21-49(22-20-32)42(53)36(25-33-17-12-16-31-15-10-11-18-34(31)33)46-40(51)35(24-30-13-8-7-9-14-30)47-44(55)56-26-28(3)4/h7-18,27-29,32,35-38H,19-26H2,1-6H3,(H2,45,50)(H,46,51)(H,47,55)(H,48,52)/t35-,36-,37+,38+/m1/s1. The van der Waals surface area contributed by atoms with Gasteiger partial charge in [-0.2, -0.15) is 0 Å².